The van der Waals surface area contributed by atoms with E-state index >= 15 is 0 Å². The quantitative estimate of drug-likeness (QED) is 0.833. The fourth-order valence-corrected chi connectivity index (χ4v) is 1.80. The van der Waals surface area contributed by atoms with Gasteiger partial charge in [0, 0.05) is 37.8 Å². The minimum atomic E-state index is -0.0851. The smallest absolute Gasteiger partial charge is 0.253 e. The second-order valence-corrected chi connectivity index (χ2v) is 5.20. The minimum absolute atomic E-state index is 0.0555. The first-order chi connectivity index (χ1) is 9.40. The fourth-order valence-electron chi connectivity index (χ4n) is 1.80. The Kier molecular flexibility index (Phi) is 6.18. The van der Waals surface area contributed by atoms with Crippen LogP contribution in [0, 0.1) is 0 Å². The monoisotopic (exact) mass is 277 g/mol. The predicted octanol–water partition coefficient (Wildman–Crippen LogP) is 1.84. The highest BCUT2D eigenvalue weighted by Crippen LogP contribution is 2.13. The summed E-state index contributed by atoms with van der Waals surface area (Å²) in [5, 5.41) is 2.80. The van der Waals surface area contributed by atoms with E-state index in [2.05, 4.69) is 5.32 Å². The molecule has 1 rings (SSSR count). The Morgan fingerprint density at radius 1 is 1.35 bits per heavy atom. The molecule has 0 aliphatic rings. The first-order valence-corrected chi connectivity index (χ1v) is 6.77. The molecule has 1 atom stereocenters. The molecule has 0 aliphatic carbocycles. The van der Waals surface area contributed by atoms with E-state index in [1.165, 1.54) is 4.90 Å². The molecule has 0 aliphatic heterocycles. The molecule has 2 amide bonds. The van der Waals surface area contributed by atoms with Crippen molar-refractivity contribution in [2.75, 3.05) is 19.4 Å². The Morgan fingerprint density at radius 2 is 2.05 bits per heavy atom. The predicted molar refractivity (Wildman–Crippen MR) is 80.6 cm³/mol. The third-order valence-corrected chi connectivity index (χ3v) is 2.86. The number of carbonyl (C=O) groups excluding carboxylic acids is 2. The summed E-state index contributed by atoms with van der Waals surface area (Å²) in [6, 6.07) is 7.06. The molecule has 5 nitrogen and oxygen atoms in total. The Bertz CT molecular complexity index is 470. The van der Waals surface area contributed by atoms with Crippen molar-refractivity contribution in [1.29, 1.82) is 0 Å². The number of hydrogen-bond acceptors (Lipinski definition) is 3. The average molecular weight is 277 g/mol. The highest BCUT2D eigenvalue weighted by molar-refractivity contribution is 5.96. The molecule has 20 heavy (non-hydrogen) atoms. The molecule has 1 aromatic carbocycles. The van der Waals surface area contributed by atoms with Gasteiger partial charge in [-0.3, -0.25) is 9.59 Å². The maximum atomic E-state index is 11.8. The average Bonchev–Trinajstić information content (AvgIpc) is 2.37. The van der Waals surface area contributed by atoms with Crippen molar-refractivity contribution in [2.24, 2.45) is 5.73 Å². The summed E-state index contributed by atoms with van der Waals surface area (Å²) < 4.78 is 0. The van der Waals surface area contributed by atoms with Gasteiger partial charge in [0.25, 0.3) is 5.91 Å². The van der Waals surface area contributed by atoms with Gasteiger partial charge in [-0.15, -0.1) is 0 Å². The van der Waals surface area contributed by atoms with E-state index in [9.17, 15) is 9.59 Å². The molecular formula is C15H23N3O2. The van der Waals surface area contributed by atoms with Gasteiger partial charge in [-0.1, -0.05) is 6.07 Å². The van der Waals surface area contributed by atoms with E-state index in [1.807, 2.05) is 6.92 Å². The van der Waals surface area contributed by atoms with Gasteiger partial charge < -0.3 is 16.0 Å². The Hall–Kier alpha value is -1.88. The molecule has 0 radical (unpaired) electrons. The zero-order valence-electron chi connectivity index (χ0n) is 12.3. The van der Waals surface area contributed by atoms with Crippen molar-refractivity contribution in [1.82, 2.24) is 4.90 Å². The van der Waals surface area contributed by atoms with Crippen molar-refractivity contribution >= 4 is 17.5 Å². The molecular weight excluding hydrogens is 254 g/mol. The van der Waals surface area contributed by atoms with E-state index in [1.54, 1.807) is 38.4 Å². The van der Waals surface area contributed by atoms with E-state index in [0.717, 1.165) is 12.8 Å². The van der Waals surface area contributed by atoms with Crippen LogP contribution < -0.4 is 11.1 Å². The van der Waals surface area contributed by atoms with Gasteiger partial charge in [0.05, 0.1) is 0 Å². The number of hydrogen-bond donors (Lipinski definition) is 2. The number of carbonyl (C=O) groups is 2. The van der Waals surface area contributed by atoms with Crippen molar-refractivity contribution in [3.05, 3.63) is 29.8 Å². The minimum Gasteiger partial charge on any atom is -0.345 e. The van der Waals surface area contributed by atoms with Crippen LogP contribution in [0.1, 0.15) is 36.5 Å². The fraction of sp³-hybridized carbons (Fsp3) is 0.467. The molecule has 0 fully saturated rings. The molecule has 0 saturated carbocycles. The largest absolute Gasteiger partial charge is 0.345 e. The number of nitrogens with two attached hydrogens (primary N) is 1. The molecule has 0 saturated heterocycles. The van der Waals surface area contributed by atoms with Gasteiger partial charge in [0.1, 0.15) is 0 Å². The van der Waals surface area contributed by atoms with E-state index in [0.29, 0.717) is 17.7 Å². The summed E-state index contributed by atoms with van der Waals surface area (Å²) >= 11 is 0. The van der Waals surface area contributed by atoms with Crippen molar-refractivity contribution < 1.29 is 9.59 Å². The van der Waals surface area contributed by atoms with Crippen LogP contribution >= 0.6 is 0 Å². The third kappa shape index (κ3) is 5.40. The molecule has 1 unspecified atom stereocenters. The van der Waals surface area contributed by atoms with Crippen LogP contribution in [0.2, 0.25) is 0 Å². The van der Waals surface area contributed by atoms with Gasteiger partial charge in [0.2, 0.25) is 5.91 Å². The van der Waals surface area contributed by atoms with Crippen molar-refractivity contribution in [3.8, 4) is 0 Å². The Labute approximate surface area is 120 Å². The van der Waals surface area contributed by atoms with E-state index in [-0.39, 0.29) is 17.9 Å². The van der Waals surface area contributed by atoms with Crippen molar-refractivity contribution in [3.63, 3.8) is 0 Å². The zero-order chi connectivity index (χ0) is 15.1. The van der Waals surface area contributed by atoms with Crippen LogP contribution in [0.4, 0.5) is 5.69 Å². The third-order valence-electron chi connectivity index (χ3n) is 2.86. The molecule has 110 valence electrons. The number of anilines is 1. The summed E-state index contributed by atoms with van der Waals surface area (Å²) in [6.45, 7) is 1.92. The topological polar surface area (TPSA) is 75.4 Å². The number of amides is 2. The van der Waals surface area contributed by atoms with Crippen LogP contribution in [0.5, 0.6) is 0 Å². The molecule has 3 N–H and O–H groups in total. The normalized spacial score (nSPS) is 11.8. The first kappa shape index (κ1) is 16.2. The number of benzene rings is 1. The van der Waals surface area contributed by atoms with Crippen LogP contribution in [0.25, 0.3) is 0 Å². The van der Waals surface area contributed by atoms with Crippen LogP contribution in [0.3, 0.4) is 0 Å². The zero-order valence-corrected chi connectivity index (χ0v) is 12.3. The van der Waals surface area contributed by atoms with Crippen LogP contribution in [-0.4, -0.2) is 36.9 Å². The van der Waals surface area contributed by atoms with Gasteiger partial charge in [-0.2, -0.15) is 0 Å². The molecule has 0 aromatic heterocycles. The summed E-state index contributed by atoms with van der Waals surface area (Å²) in [6.07, 6.45) is 2.03. The number of rotatable bonds is 6. The molecule has 0 spiro atoms. The second-order valence-electron chi connectivity index (χ2n) is 5.20. The summed E-state index contributed by atoms with van der Waals surface area (Å²) in [7, 11) is 3.39. The molecule has 5 heteroatoms. The Balaban J connectivity index is 2.58. The number of nitrogens with one attached hydrogen (secondary N) is 1. The van der Waals surface area contributed by atoms with Crippen LogP contribution in [0.15, 0.2) is 24.3 Å². The lowest BCUT2D eigenvalue weighted by Gasteiger charge is -2.12. The van der Waals surface area contributed by atoms with Gasteiger partial charge in [-0.25, -0.2) is 0 Å². The molecule has 0 heterocycles. The van der Waals surface area contributed by atoms with Crippen LogP contribution in [-0.2, 0) is 4.79 Å². The highest BCUT2D eigenvalue weighted by atomic mass is 16.2. The van der Waals surface area contributed by atoms with Gasteiger partial charge in [-0.05, 0) is 38.0 Å². The lowest BCUT2D eigenvalue weighted by Crippen LogP contribution is -2.22. The summed E-state index contributed by atoms with van der Waals surface area (Å²) in [5.74, 6) is -0.141. The molecule has 1 aromatic rings. The van der Waals surface area contributed by atoms with Crippen molar-refractivity contribution in [2.45, 2.75) is 32.2 Å². The standard InChI is InChI=1S/C15H23N3O2/c1-11(16)6-4-9-14(19)17-13-8-5-7-12(10-13)15(20)18(2)3/h5,7-8,10-11H,4,6,9,16H2,1-3H3,(H,17,19). The second kappa shape index (κ2) is 7.65. The van der Waals surface area contributed by atoms with Gasteiger partial charge in [0.15, 0.2) is 0 Å². The molecule has 0 bridgehead atoms. The first-order valence-electron chi connectivity index (χ1n) is 6.77. The maximum Gasteiger partial charge on any atom is 0.253 e. The van der Waals surface area contributed by atoms with Gasteiger partial charge >= 0.3 is 0 Å². The maximum absolute atomic E-state index is 11.8. The van der Waals surface area contributed by atoms with E-state index in [4.69, 9.17) is 5.73 Å². The number of nitrogens with zero attached hydrogens (tertiary/aromatic N) is 1. The highest BCUT2D eigenvalue weighted by Gasteiger charge is 2.09. The SMILES string of the molecule is CC(N)CCCC(=O)Nc1cccc(C(=O)N(C)C)c1. The lowest BCUT2D eigenvalue weighted by molar-refractivity contribution is -0.116. The summed E-state index contributed by atoms with van der Waals surface area (Å²) in [5.41, 5.74) is 6.84. The Morgan fingerprint density at radius 3 is 2.65 bits per heavy atom. The lowest BCUT2D eigenvalue weighted by atomic mass is 10.1. The van der Waals surface area contributed by atoms with E-state index < -0.39 is 0 Å². The summed E-state index contributed by atoms with van der Waals surface area (Å²) in [4.78, 5) is 25.1.